The van der Waals surface area contributed by atoms with Gasteiger partial charge in [-0.2, -0.15) is 0 Å². The number of hydrogen-bond acceptors (Lipinski definition) is 10. The molecule has 0 rings (SSSR count). The summed E-state index contributed by atoms with van der Waals surface area (Å²) in [6.07, 6.45) is 43.0. The predicted octanol–water partition coefficient (Wildman–Crippen LogP) is 14.6. The van der Waals surface area contributed by atoms with Crippen molar-refractivity contribution in [2.45, 2.75) is 297 Å². The van der Waals surface area contributed by atoms with Crippen molar-refractivity contribution in [2.24, 2.45) is 0 Å². The third-order valence-corrected chi connectivity index (χ3v) is 11.7. The highest BCUT2D eigenvalue weighted by Crippen LogP contribution is 2.15. The van der Waals surface area contributed by atoms with E-state index < -0.39 is 12.2 Å². The van der Waals surface area contributed by atoms with Crippen LogP contribution in [0.15, 0.2) is 0 Å². The summed E-state index contributed by atoms with van der Waals surface area (Å²) < 4.78 is 20.6. The molecule has 0 aliphatic rings. The molecule has 2 N–H and O–H groups in total. The quantitative estimate of drug-likeness (QED) is 0.0344. The molecule has 0 aromatic carbocycles. The third kappa shape index (κ3) is 52.4. The van der Waals surface area contributed by atoms with Crippen molar-refractivity contribution in [2.75, 3.05) is 26.4 Å². The molecule has 0 aromatic rings. The highest BCUT2D eigenvalue weighted by atomic mass is 16.6. The van der Waals surface area contributed by atoms with Gasteiger partial charge in [-0.1, -0.05) is 233 Å². The predicted molar refractivity (Wildman–Crippen MR) is 263 cm³/mol. The van der Waals surface area contributed by atoms with Crippen LogP contribution in [0, 0.1) is 0 Å². The zero-order valence-corrected chi connectivity index (χ0v) is 42.4. The number of esters is 4. The van der Waals surface area contributed by atoms with E-state index >= 15 is 0 Å². The van der Waals surface area contributed by atoms with Gasteiger partial charge in [0.2, 0.25) is 0 Å². The summed E-state index contributed by atoms with van der Waals surface area (Å²) >= 11 is 0. The summed E-state index contributed by atoms with van der Waals surface area (Å²) in [5, 5.41) is 19.3. The second kappa shape index (κ2) is 53.4. The van der Waals surface area contributed by atoms with E-state index in [4.69, 9.17) is 18.9 Å². The summed E-state index contributed by atoms with van der Waals surface area (Å²) in [5.74, 6) is -1.16. The van der Waals surface area contributed by atoms with Crippen molar-refractivity contribution in [1.82, 2.24) is 0 Å². The molecular formula is C54H104O10. The van der Waals surface area contributed by atoms with Gasteiger partial charge in [0.15, 0.2) is 6.10 Å². The first-order valence-corrected chi connectivity index (χ1v) is 27.2. The molecular weight excluding hydrogens is 809 g/mol. The number of carbonyl (C=O) groups is 4. The van der Waals surface area contributed by atoms with E-state index in [0.717, 1.165) is 77.0 Å². The summed E-state index contributed by atoms with van der Waals surface area (Å²) in [6.45, 7) is 8.30. The molecule has 0 aliphatic carbocycles. The number of carbonyl (C=O) groups excluding carboxylic acids is 4. The average Bonchev–Trinajstić information content (AvgIpc) is 3.29. The Bertz CT molecular complexity index is 967. The van der Waals surface area contributed by atoms with Crippen molar-refractivity contribution in [1.29, 1.82) is 0 Å². The highest BCUT2D eigenvalue weighted by molar-refractivity contribution is 5.70. The topological polar surface area (TPSA) is 146 Å². The first-order valence-electron chi connectivity index (χ1n) is 27.2. The van der Waals surface area contributed by atoms with Gasteiger partial charge in [-0.25, -0.2) is 0 Å². The Balaban J connectivity index is 0. The van der Waals surface area contributed by atoms with Gasteiger partial charge >= 0.3 is 23.9 Å². The number of aliphatic hydroxyl groups excluding tert-OH is 2. The molecule has 0 fully saturated rings. The Morgan fingerprint density at radius 3 is 0.797 bits per heavy atom. The fourth-order valence-corrected chi connectivity index (χ4v) is 7.52. The van der Waals surface area contributed by atoms with Crippen LogP contribution in [-0.4, -0.2) is 72.7 Å². The largest absolute Gasteiger partial charge is 0.463 e. The highest BCUT2D eigenvalue weighted by Gasteiger charge is 2.16. The van der Waals surface area contributed by atoms with Crippen molar-refractivity contribution in [3.63, 3.8) is 0 Å². The van der Waals surface area contributed by atoms with Crippen LogP contribution in [0.25, 0.3) is 0 Å². The van der Waals surface area contributed by atoms with Crippen LogP contribution in [0.2, 0.25) is 0 Å². The van der Waals surface area contributed by atoms with Crippen molar-refractivity contribution in [3.8, 4) is 0 Å². The lowest BCUT2D eigenvalue weighted by molar-refractivity contribution is -0.161. The van der Waals surface area contributed by atoms with Gasteiger partial charge in [0, 0.05) is 25.7 Å². The minimum Gasteiger partial charge on any atom is -0.463 e. The second-order valence-corrected chi connectivity index (χ2v) is 18.3. The van der Waals surface area contributed by atoms with Crippen LogP contribution in [0.5, 0.6) is 0 Å². The lowest BCUT2D eigenvalue weighted by Gasteiger charge is -2.15. The third-order valence-electron chi connectivity index (χ3n) is 11.7. The Morgan fingerprint density at radius 1 is 0.328 bits per heavy atom. The molecule has 0 aromatic heterocycles. The van der Waals surface area contributed by atoms with E-state index in [1.54, 1.807) is 0 Å². The van der Waals surface area contributed by atoms with Crippen molar-refractivity contribution < 1.29 is 48.3 Å². The number of hydrogen-bond donors (Lipinski definition) is 2. The second-order valence-electron chi connectivity index (χ2n) is 18.3. The molecule has 0 aliphatic heterocycles. The number of ether oxygens (including phenoxy) is 4. The zero-order chi connectivity index (χ0) is 47.4. The van der Waals surface area contributed by atoms with Gasteiger partial charge in [0.25, 0.3) is 0 Å². The maximum Gasteiger partial charge on any atom is 0.306 e. The van der Waals surface area contributed by atoms with E-state index in [2.05, 4.69) is 27.7 Å². The number of aliphatic hydroxyl groups is 2. The van der Waals surface area contributed by atoms with Crippen LogP contribution in [0.4, 0.5) is 0 Å². The van der Waals surface area contributed by atoms with Crippen LogP contribution in [0.1, 0.15) is 285 Å². The van der Waals surface area contributed by atoms with Crippen LogP contribution in [-0.2, 0) is 38.1 Å². The summed E-state index contributed by atoms with van der Waals surface area (Å²) in [7, 11) is 0. The van der Waals surface area contributed by atoms with E-state index in [9.17, 15) is 29.4 Å². The Kier molecular flexibility index (Phi) is 53.3. The van der Waals surface area contributed by atoms with E-state index in [-0.39, 0.29) is 50.3 Å². The lowest BCUT2D eigenvalue weighted by Crippen LogP contribution is -2.28. The molecule has 10 nitrogen and oxygen atoms in total. The van der Waals surface area contributed by atoms with Crippen LogP contribution in [0.3, 0.4) is 0 Å². The SMILES string of the molecule is CCCCCCCCCCCC(=O)OCC(O)COC(=O)CCCCCCCCCCC.CCCCCCCCCCCC(=O)OC[C@H](CO)OC(=O)CCCCCCCCCCC. The van der Waals surface area contributed by atoms with Gasteiger partial charge in [0.05, 0.1) is 6.61 Å². The minimum atomic E-state index is -0.950. The van der Waals surface area contributed by atoms with E-state index in [0.29, 0.717) is 25.7 Å². The minimum absolute atomic E-state index is 0.0593. The maximum atomic E-state index is 11.9. The fraction of sp³-hybridized carbons (Fsp3) is 0.926. The Morgan fingerprint density at radius 2 is 0.547 bits per heavy atom. The molecule has 0 amide bonds. The van der Waals surface area contributed by atoms with Crippen LogP contribution < -0.4 is 0 Å². The number of unbranched alkanes of at least 4 members (excludes halogenated alkanes) is 32. The molecule has 0 spiro atoms. The van der Waals surface area contributed by atoms with E-state index in [1.807, 2.05) is 0 Å². The smallest absolute Gasteiger partial charge is 0.306 e. The zero-order valence-electron chi connectivity index (χ0n) is 42.4. The van der Waals surface area contributed by atoms with Gasteiger partial charge < -0.3 is 29.2 Å². The first kappa shape index (κ1) is 63.9. The van der Waals surface area contributed by atoms with Crippen LogP contribution >= 0.6 is 0 Å². The normalized spacial score (nSPS) is 11.5. The molecule has 0 bridgehead atoms. The monoisotopic (exact) mass is 913 g/mol. The lowest BCUT2D eigenvalue weighted by atomic mass is 10.1. The molecule has 64 heavy (non-hydrogen) atoms. The first-order chi connectivity index (χ1) is 31.2. The Hall–Kier alpha value is -2.20. The number of rotatable bonds is 48. The summed E-state index contributed by atoms with van der Waals surface area (Å²) in [6, 6.07) is 0. The van der Waals surface area contributed by atoms with Gasteiger partial charge in [-0.05, 0) is 25.7 Å². The molecule has 380 valence electrons. The molecule has 0 saturated carbocycles. The molecule has 0 heterocycles. The summed E-state index contributed by atoms with van der Waals surface area (Å²) in [5.41, 5.74) is 0. The Labute approximate surface area is 394 Å². The van der Waals surface area contributed by atoms with E-state index in [1.165, 1.54) is 154 Å². The maximum absolute atomic E-state index is 11.9. The molecule has 0 radical (unpaired) electrons. The van der Waals surface area contributed by atoms with Crippen molar-refractivity contribution in [3.05, 3.63) is 0 Å². The van der Waals surface area contributed by atoms with Crippen molar-refractivity contribution >= 4 is 23.9 Å². The molecule has 10 heteroatoms. The molecule has 1 atom stereocenters. The fourth-order valence-electron chi connectivity index (χ4n) is 7.52. The molecule has 0 unspecified atom stereocenters. The van der Waals surface area contributed by atoms with Gasteiger partial charge in [-0.15, -0.1) is 0 Å². The summed E-state index contributed by atoms with van der Waals surface area (Å²) in [4.78, 5) is 47.3. The molecule has 0 saturated heterocycles. The van der Waals surface area contributed by atoms with Gasteiger partial charge in [0.1, 0.15) is 25.9 Å². The van der Waals surface area contributed by atoms with Gasteiger partial charge in [-0.3, -0.25) is 19.2 Å². The average molecular weight is 913 g/mol. The standard InChI is InChI=1S/2C27H52O5/c1-3-5-7-9-11-13-15-17-19-21-26(29)31-23-25(28)24-32-27(30)22-20-18-16-14-12-10-8-6-4-2;1-3-5-7-9-11-13-15-17-19-21-26(29)31-24-25(23-28)32-27(30)22-20-18-16-14-12-10-8-6-4-2/h2*25,28H,3-24H2,1-2H3/t;25-/m.0/s1.